The molecule has 0 fully saturated rings. The first kappa shape index (κ1) is 35.5. The summed E-state index contributed by atoms with van der Waals surface area (Å²) in [6.45, 7) is 4.15. The topological polar surface area (TPSA) is 136 Å². The predicted octanol–water partition coefficient (Wildman–Crippen LogP) is 7.13. The fourth-order valence-electron chi connectivity index (χ4n) is 6.61. The smallest absolute Gasteiger partial charge is 0.336 e. The Balaban J connectivity index is 1.02. The molecule has 0 saturated heterocycles. The lowest BCUT2D eigenvalue weighted by molar-refractivity contribution is 0.0258. The number of furan rings is 1. The van der Waals surface area contributed by atoms with Crippen molar-refractivity contribution in [1.29, 1.82) is 0 Å². The number of aliphatic hydroxyl groups excluding tert-OH is 2. The summed E-state index contributed by atoms with van der Waals surface area (Å²) in [6, 6.07) is 33.1. The summed E-state index contributed by atoms with van der Waals surface area (Å²) in [5.74, 6) is 1.62. The van der Waals surface area contributed by atoms with Gasteiger partial charge < -0.3 is 32.9 Å². The first-order valence-electron chi connectivity index (χ1n) is 17.4. The van der Waals surface area contributed by atoms with Gasteiger partial charge in [0.15, 0.2) is 0 Å². The standard InChI is InChI=1S/C43H39NO9/c1-27-38(17-15-34-36(20-40(47)52-42(27)34)29-10-5-3-6-11-29)50-25-31(45)22-44(24-33-14-9-19-49-33)23-32(46)26-51-39-18-16-35-37(30-12-7-4-8-13-30)21-41(48)53-43(35)28(39)2/h3-21,31-32,45-46H,22-26H2,1-2H3/t31-,32-/m1/s1. The van der Waals surface area contributed by atoms with Gasteiger partial charge in [-0.3, -0.25) is 4.90 Å². The van der Waals surface area contributed by atoms with E-state index in [0.717, 1.165) is 33.0 Å². The van der Waals surface area contributed by atoms with Crippen LogP contribution in [0.1, 0.15) is 16.9 Å². The van der Waals surface area contributed by atoms with Gasteiger partial charge in [-0.2, -0.15) is 0 Å². The van der Waals surface area contributed by atoms with E-state index >= 15 is 0 Å². The van der Waals surface area contributed by atoms with Crippen molar-refractivity contribution in [2.75, 3.05) is 26.3 Å². The molecule has 0 aliphatic heterocycles. The molecule has 2 atom stereocenters. The van der Waals surface area contributed by atoms with E-state index in [-0.39, 0.29) is 26.3 Å². The molecule has 7 aromatic rings. The highest BCUT2D eigenvalue weighted by atomic mass is 16.5. The molecule has 3 aromatic heterocycles. The molecule has 0 amide bonds. The third-order valence-corrected chi connectivity index (χ3v) is 9.15. The zero-order valence-corrected chi connectivity index (χ0v) is 29.4. The number of benzene rings is 4. The molecule has 10 nitrogen and oxygen atoms in total. The Bertz CT molecular complexity index is 2280. The summed E-state index contributed by atoms with van der Waals surface area (Å²) < 4.78 is 28.9. The van der Waals surface area contributed by atoms with E-state index in [9.17, 15) is 19.8 Å². The van der Waals surface area contributed by atoms with Crippen molar-refractivity contribution in [3.8, 4) is 33.8 Å². The summed E-state index contributed by atoms with van der Waals surface area (Å²) >= 11 is 0. The second-order valence-corrected chi connectivity index (χ2v) is 13.0. The fourth-order valence-corrected chi connectivity index (χ4v) is 6.61. The van der Waals surface area contributed by atoms with Gasteiger partial charge >= 0.3 is 11.3 Å². The molecular formula is C43H39NO9. The zero-order valence-electron chi connectivity index (χ0n) is 29.4. The van der Waals surface area contributed by atoms with Crippen molar-refractivity contribution in [2.45, 2.75) is 32.6 Å². The normalized spacial score (nSPS) is 12.7. The molecule has 0 unspecified atom stereocenters. The van der Waals surface area contributed by atoms with Crippen LogP contribution < -0.4 is 20.7 Å². The number of aryl methyl sites for hydroxylation is 2. The van der Waals surface area contributed by atoms with Crippen LogP contribution in [0.3, 0.4) is 0 Å². The Morgan fingerprint density at radius 1 is 0.623 bits per heavy atom. The Morgan fingerprint density at radius 2 is 1.09 bits per heavy atom. The average molecular weight is 714 g/mol. The van der Waals surface area contributed by atoms with Crippen LogP contribution in [0, 0.1) is 13.8 Å². The molecule has 4 aromatic carbocycles. The molecule has 53 heavy (non-hydrogen) atoms. The molecule has 0 aliphatic carbocycles. The third-order valence-electron chi connectivity index (χ3n) is 9.15. The average Bonchev–Trinajstić information content (AvgIpc) is 3.68. The zero-order chi connectivity index (χ0) is 36.9. The summed E-state index contributed by atoms with van der Waals surface area (Å²) in [4.78, 5) is 26.9. The number of aliphatic hydroxyl groups is 2. The molecule has 270 valence electrons. The van der Waals surface area contributed by atoms with Crippen LogP contribution in [0.25, 0.3) is 44.2 Å². The minimum atomic E-state index is -0.944. The summed E-state index contributed by atoms with van der Waals surface area (Å²) in [5, 5.41) is 23.8. The highest BCUT2D eigenvalue weighted by Crippen LogP contribution is 2.34. The molecule has 10 heteroatoms. The van der Waals surface area contributed by atoms with E-state index in [4.69, 9.17) is 22.7 Å². The Labute approximate surface area is 305 Å². The van der Waals surface area contributed by atoms with E-state index in [0.29, 0.717) is 46.1 Å². The van der Waals surface area contributed by atoms with E-state index in [1.165, 1.54) is 12.1 Å². The fraction of sp³-hybridized carbons (Fsp3) is 0.209. The van der Waals surface area contributed by atoms with Gasteiger partial charge in [0.25, 0.3) is 0 Å². The van der Waals surface area contributed by atoms with E-state index < -0.39 is 23.5 Å². The molecule has 3 heterocycles. The summed E-state index contributed by atoms with van der Waals surface area (Å²) in [7, 11) is 0. The van der Waals surface area contributed by atoms with Crippen molar-refractivity contribution in [3.63, 3.8) is 0 Å². The van der Waals surface area contributed by atoms with Gasteiger partial charge in [-0.05, 0) is 72.5 Å². The summed E-state index contributed by atoms with van der Waals surface area (Å²) in [6.07, 6.45) is -0.318. The van der Waals surface area contributed by atoms with Gasteiger partial charge in [0.1, 0.15) is 53.8 Å². The number of hydrogen-bond donors (Lipinski definition) is 2. The maximum atomic E-state index is 12.5. The van der Waals surface area contributed by atoms with Crippen LogP contribution in [-0.2, 0) is 6.54 Å². The van der Waals surface area contributed by atoms with Crippen LogP contribution in [-0.4, -0.2) is 53.6 Å². The molecule has 0 spiro atoms. The van der Waals surface area contributed by atoms with Gasteiger partial charge in [-0.15, -0.1) is 0 Å². The van der Waals surface area contributed by atoms with Crippen LogP contribution in [0.2, 0.25) is 0 Å². The highest BCUT2D eigenvalue weighted by molar-refractivity contribution is 5.96. The lowest BCUT2D eigenvalue weighted by Gasteiger charge is -2.27. The van der Waals surface area contributed by atoms with Crippen LogP contribution in [0.15, 0.2) is 138 Å². The molecule has 2 N–H and O–H groups in total. The van der Waals surface area contributed by atoms with Crippen molar-refractivity contribution >= 4 is 21.9 Å². The molecule has 0 saturated carbocycles. The number of hydrogen-bond acceptors (Lipinski definition) is 10. The van der Waals surface area contributed by atoms with E-state index in [1.54, 1.807) is 24.5 Å². The van der Waals surface area contributed by atoms with Gasteiger partial charge in [-0.1, -0.05) is 60.7 Å². The second kappa shape index (κ2) is 15.7. The quantitative estimate of drug-likeness (QED) is 0.112. The van der Waals surface area contributed by atoms with Gasteiger partial charge in [0.2, 0.25) is 0 Å². The SMILES string of the molecule is Cc1c(OC[C@H](O)CN(Cc2ccco2)C[C@@H](O)COc2ccc3c(-c4ccccc4)cc(=O)oc3c2C)ccc2c(-c3ccccc3)cc(=O)oc12. The molecule has 0 bridgehead atoms. The number of ether oxygens (including phenoxy) is 2. The largest absolute Gasteiger partial charge is 0.490 e. The minimum Gasteiger partial charge on any atom is -0.490 e. The summed E-state index contributed by atoms with van der Waals surface area (Å²) in [5.41, 5.74) is 4.53. The van der Waals surface area contributed by atoms with Crippen molar-refractivity contribution in [2.24, 2.45) is 0 Å². The lowest BCUT2D eigenvalue weighted by atomic mass is 10.0. The maximum absolute atomic E-state index is 12.5. The van der Waals surface area contributed by atoms with Crippen LogP contribution in [0.4, 0.5) is 0 Å². The Hall–Kier alpha value is -5.94. The van der Waals surface area contributed by atoms with E-state index in [1.807, 2.05) is 97.6 Å². The maximum Gasteiger partial charge on any atom is 0.336 e. The monoisotopic (exact) mass is 713 g/mol. The lowest BCUT2D eigenvalue weighted by Crippen LogP contribution is -2.41. The molecule has 7 rings (SSSR count). The van der Waals surface area contributed by atoms with Crippen molar-refractivity contribution < 1.29 is 32.9 Å². The minimum absolute atomic E-state index is 0.0529. The van der Waals surface area contributed by atoms with Crippen LogP contribution >= 0.6 is 0 Å². The van der Waals surface area contributed by atoms with Crippen molar-refractivity contribution in [1.82, 2.24) is 4.90 Å². The number of fused-ring (bicyclic) bond motifs is 2. The number of rotatable bonds is 14. The van der Waals surface area contributed by atoms with Crippen molar-refractivity contribution in [3.05, 3.63) is 153 Å². The van der Waals surface area contributed by atoms with Crippen LogP contribution in [0.5, 0.6) is 11.5 Å². The molecule has 0 radical (unpaired) electrons. The second-order valence-electron chi connectivity index (χ2n) is 13.0. The first-order valence-corrected chi connectivity index (χ1v) is 17.4. The third kappa shape index (κ3) is 8.10. The first-order chi connectivity index (χ1) is 25.7. The van der Waals surface area contributed by atoms with Gasteiger partial charge in [0.05, 0.1) is 12.8 Å². The molecular weight excluding hydrogens is 674 g/mol. The Morgan fingerprint density at radius 3 is 1.53 bits per heavy atom. The molecule has 0 aliphatic rings. The Kier molecular flexibility index (Phi) is 10.5. The van der Waals surface area contributed by atoms with Gasteiger partial charge in [-0.25, -0.2) is 9.59 Å². The predicted molar refractivity (Wildman–Crippen MR) is 202 cm³/mol. The number of nitrogens with zero attached hydrogens (tertiary/aromatic N) is 1. The van der Waals surface area contributed by atoms with E-state index in [2.05, 4.69) is 0 Å². The van der Waals surface area contributed by atoms with Gasteiger partial charge in [0, 0.05) is 47.1 Å². The highest BCUT2D eigenvalue weighted by Gasteiger charge is 2.21.